The number of benzene rings is 1. The summed E-state index contributed by atoms with van der Waals surface area (Å²) in [4.78, 5) is 13.9. The van der Waals surface area contributed by atoms with E-state index in [1.807, 2.05) is 13.2 Å². The van der Waals surface area contributed by atoms with Crippen molar-refractivity contribution in [1.82, 2.24) is 20.5 Å². The van der Waals surface area contributed by atoms with Crippen molar-refractivity contribution in [2.75, 3.05) is 45.2 Å². The van der Waals surface area contributed by atoms with Gasteiger partial charge in [-0.25, -0.2) is 4.98 Å². The zero-order chi connectivity index (χ0) is 22.7. The number of hydrogen-bond acceptors (Lipinski definition) is 5. The maximum absolute atomic E-state index is 6.51. The Kier molecular flexibility index (Phi) is 6.40. The number of likely N-dealkylation sites (N-methyl/N-ethyl adjacent to an activating group) is 1. The van der Waals surface area contributed by atoms with Crippen molar-refractivity contribution < 1.29 is 4.74 Å². The highest BCUT2D eigenvalue weighted by Gasteiger charge is 2.43. The predicted molar refractivity (Wildman–Crippen MR) is 133 cm³/mol. The smallest absolute Gasteiger partial charge is 0.191 e. The number of para-hydroxylation sites is 1. The highest BCUT2D eigenvalue weighted by molar-refractivity contribution is 5.80. The molecule has 2 aromatic rings. The van der Waals surface area contributed by atoms with E-state index in [9.17, 15) is 0 Å². The number of aliphatic imine (C=N–C) groups is 1. The molecule has 1 saturated carbocycles. The Morgan fingerprint density at radius 1 is 1.12 bits per heavy atom. The summed E-state index contributed by atoms with van der Waals surface area (Å²) < 4.78 is 6.51. The van der Waals surface area contributed by atoms with Crippen molar-refractivity contribution in [3.05, 3.63) is 53.7 Å². The Labute approximate surface area is 197 Å². The Bertz CT molecular complexity index is 961. The van der Waals surface area contributed by atoms with Gasteiger partial charge >= 0.3 is 0 Å². The molecule has 176 valence electrons. The van der Waals surface area contributed by atoms with E-state index in [2.05, 4.69) is 68.9 Å². The molecule has 2 aliphatic heterocycles. The Morgan fingerprint density at radius 3 is 2.64 bits per heavy atom. The molecule has 1 saturated heterocycles. The fourth-order valence-corrected chi connectivity index (χ4v) is 5.36. The molecule has 7 nitrogen and oxygen atoms in total. The third-order valence-electron chi connectivity index (χ3n) is 7.34. The van der Waals surface area contributed by atoms with E-state index < -0.39 is 0 Å². The molecule has 1 aliphatic carbocycles. The van der Waals surface area contributed by atoms with Crippen LogP contribution in [0.1, 0.15) is 49.3 Å². The summed E-state index contributed by atoms with van der Waals surface area (Å²) in [5.41, 5.74) is 2.33. The van der Waals surface area contributed by atoms with E-state index in [4.69, 9.17) is 9.72 Å². The van der Waals surface area contributed by atoms with Gasteiger partial charge in [0.2, 0.25) is 0 Å². The number of nitrogens with one attached hydrogen (secondary N) is 2. The summed E-state index contributed by atoms with van der Waals surface area (Å²) in [5, 5.41) is 7.16. The molecule has 1 aromatic carbocycles. The number of rotatable bonds is 4. The molecule has 3 aliphatic rings. The van der Waals surface area contributed by atoms with Gasteiger partial charge in [0.05, 0.1) is 6.04 Å². The number of anilines is 1. The quantitative estimate of drug-likeness (QED) is 0.553. The SMILES string of the molecule is CN=C(NCc1ccc(N2CCN(C)CC2)nc1)NC1CC2(CCCC2)Oc2ccccc21. The lowest BCUT2D eigenvalue weighted by molar-refractivity contribution is 0.0396. The first kappa shape index (κ1) is 22.0. The maximum atomic E-state index is 6.51. The van der Waals surface area contributed by atoms with Crippen LogP contribution >= 0.6 is 0 Å². The van der Waals surface area contributed by atoms with Crippen LogP contribution in [0.3, 0.4) is 0 Å². The van der Waals surface area contributed by atoms with Crippen molar-refractivity contribution >= 4 is 11.8 Å². The maximum Gasteiger partial charge on any atom is 0.191 e. The van der Waals surface area contributed by atoms with Gasteiger partial charge < -0.3 is 25.2 Å². The fourth-order valence-electron chi connectivity index (χ4n) is 5.36. The second-order valence-corrected chi connectivity index (χ2v) is 9.67. The van der Waals surface area contributed by atoms with Crippen LogP contribution in [0.4, 0.5) is 5.82 Å². The van der Waals surface area contributed by atoms with Crippen molar-refractivity contribution in [3.8, 4) is 5.75 Å². The van der Waals surface area contributed by atoms with Crippen molar-refractivity contribution in [2.45, 2.75) is 50.3 Å². The summed E-state index contributed by atoms with van der Waals surface area (Å²) in [6, 6.07) is 12.9. The number of hydrogen-bond donors (Lipinski definition) is 2. The van der Waals surface area contributed by atoms with Gasteiger partial charge in [-0.05, 0) is 50.4 Å². The van der Waals surface area contributed by atoms with E-state index in [0.717, 1.165) is 68.5 Å². The average molecular weight is 449 g/mol. The molecule has 1 spiro atoms. The highest BCUT2D eigenvalue weighted by Crippen LogP contribution is 2.46. The third-order valence-corrected chi connectivity index (χ3v) is 7.34. The molecular weight excluding hydrogens is 412 g/mol. The fraction of sp³-hybridized carbons (Fsp3) is 0.538. The Morgan fingerprint density at radius 2 is 1.91 bits per heavy atom. The third kappa shape index (κ3) is 4.93. The van der Waals surface area contributed by atoms with Crippen molar-refractivity contribution in [3.63, 3.8) is 0 Å². The van der Waals surface area contributed by atoms with Gasteiger partial charge in [-0.1, -0.05) is 24.3 Å². The summed E-state index contributed by atoms with van der Waals surface area (Å²) in [5.74, 6) is 2.89. The monoisotopic (exact) mass is 448 g/mol. The van der Waals surface area contributed by atoms with Gasteiger partial charge in [-0.2, -0.15) is 0 Å². The number of ether oxygens (including phenoxy) is 1. The van der Waals surface area contributed by atoms with E-state index in [1.54, 1.807) is 0 Å². The minimum absolute atomic E-state index is 0.0338. The minimum atomic E-state index is -0.0338. The topological polar surface area (TPSA) is 65.0 Å². The molecule has 3 heterocycles. The van der Waals surface area contributed by atoms with Crippen LogP contribution in [0.25, 0.3) is 0 Å². The molecule has 0 bridgehead atoms. The molecule has 1 unspecified atom stereocenters. The summed E-state index contributed by atoms with van der Waals surface area (Å²) >= 11 is 0. The normalized spacial score (nSPS) is 22.7. The highest BCUT2D eigenvalue weighted by atomic mass is 16.5. The van der Waals surface area contributed by atoms with Gasteiger partial charge in [-0.3, -0.25) is 4.99 Å². The standard InChI is InChI=1S/C26H36N6O/c1-27-25(29-19-20-9-10-24(28-18-20)32-15-13-31(2)14-16-32)30-22-17-26(11-5-6-12-26)33-23-8-4-3-7-21(22)23/h3-4,7-10,18,22H,5-6,11-17,19H2,1-2H3,(H2,27,29,30). The molecule has 2 fully saturated rings. The van der Waals surface area contributed by atoms with Crippen LogP contribution in [0.5, 0.6) is 5.75 Å². The number of aromatic nitrogens is 1. The molecule has 0 amide bonds. The lowest BCUT2D eigenvalue weighted by Gasteiger charge is -2.40. The van der Waals surface area contributed by atoms with E-state index in [1.165, 1.54) is 18.4 Å². The summed E-state index contributed by atoms with van der Waals surface area (Å²) in [7, 11) is 4.01. The molecule has 0 radical (unpaired) electrons. The number of piperazine rings is 1. The van der Waals surface area contributed by atoms with Gasteiger partial charge in [0.25, 0.3) is 0 Å². The molecule has 2 N–H and O–H groups in total. The van der Waals surface area contributed by atoms with Crippen LogP contribution < -0.4 is 20.3 Å². The molecule has 1 atom stereocenters. The van der Waals surface area contributed by atoms with Gasteiger partial charge in [0, 0.05) is 58.0 Å². The summed E-state index contributed by atoms with van der Waals surface area (Å²) in [6.07, 6.45) is 7.73. The van der Waals surface area contributed by atoms with Gasteiger partial charge in [-0.15, -0.1) is 0 Å². The van der Waals surface area contributed by atoms with Crippen molar-refractivity contribution in [2.24, 2.45) is 4.99 Å². The van der Waals surface area contributed by atoms with Gasteiger partial charge in [0.1, 0.15) is 17.2 Å². The number of nitrogens with zero attached hydrogens (tertiary/aromatic N) is 4. The zero-order valence-electron chi connectivity index (χ0n) is 19.9. The first-order valence-electron chi connectivity index (χ1n) is 12.3. The molecule has 7 heteroatoms. The first-order valence-corrected chi connectivity index (χ1v) is 12.3. The first-order chi connectivity index (χ1) is 16.1. The van der Waals surface area contributed by atoms with Crippen LogP contribution in [-0.2, 0) is 6.54 Å². The Hall–Kier alpha value is -2.80. The number of guanidine groups is 1. The minimum Gasteiger partial charge on any atom is -0.487 e. The van der Waals surface area contributed by atoms with Crippen LogP contribution in [-0.4, -0.2) is 61.7 Å². The summed E-state index contributed by atoms with van der Waals surface area (Å²) in [6.45, 7) is 4.93. The second-order valence-electron chi connectivity index (χ2n) is 9.67. The van der Waals surface area contributed by atoms with Crippen molar-refractivity contribution in [1.29, 1.82) is 0 Å². The molecule has 5 rings (SSSR count). The van der Waals surface area contributed by atoms with Crippen LogP contribution in [0.15, 0.2) is 47.6 Å². The van der Waals surface area contributed by atoms with Crippen LogP contribution in [0, 0.1) is 0 Å². The van der Waals surface area contributed by atoms with Gasteiger partial charge in [0.15, 0.2) is 5.96 Å². The largest absolute Gasteiger partial charge is 0.487 e. The molecule has 1 aromatic heterocycles. The van der Waals surface area contributed by atoms with Crippen LogP contribution in [0.2, 0.25) is 0 Å². The predicted octanol–water partition coefficient (Wildman–Crippen LogP) is 3.34. The van der Waals surface area contributed by atoms with E-state index >= 15 is 0 Å². The molecule has 33 heavy (non-hydrogen) atoms. The lowest BCUT2D eigenvalue weighted by atomic mass is 9.86. The lowest BCUT2D eigenvalue weighted by Crippen LogP contribution is -2.46. The molecular formula is C26H36N6O. The average Bonchev–Trinajstić information content (AvgIpc) is 3.29. The van der Waals surface area contributed by atoms with E-state index in [0.29, 0.717) is 6.54 Å². The Balaban J connectivity index is 1.21. The zero-order valence-corrected chi connectivity index (χ0v) is 19.9. The number of fused-ring (bicyclic) bond motifs is 1. The van der Waals surface area contributed by atoms with E-state index in [-0.39, 0.29) is 11.6 Å². The second kappa shape index (κ2) is 9.59. The number of pyridine rings is 1.